The lowest BCUT2D eigenvalue weighted by molar-refractivity contribution is -0.132. The van der Waals surface area contributed by atoms with Gasteiger partial charge >= 0.3 is 0 Å². The molecule has 2 amide bonds. The summed E-state index contributed by atoms with van der Waals surface area (Å²) in [4.78, 5) is 29.8. The van der Waals surface area contributed by atoms with E-state index in [9.17, 15) is 14.0 Å². The Hall–Kier alpha value is -1.95. The number of amides is 2. The highest BCUT2D eigenvalue weighted by molar-refractivity contribution is 5.94. The second kappa shape index (κ2) is 7.35. The Labute approximate surface area is 130 Å². The maximum Gasteiger partial charge on any atom is 0.254 e. The maximum atomic E-state index is 13.2. The summed E-state index contributed by atoms with van der Waals surface area (Å²) in [5.74, 6) is -0.477. The number of hydrogen-bond donors (Lipinski definition) is 0. The van der Waals surface area contributed by atoms with Gasteiger partial charge in [-0.25, -0.2) is 4.39 Å². The molecule has 120 valence electrons. The van der Waals surface area contributed by atoms with Gasteiger partial charge in [0, 0.05) is 44.7 Å². The summed E-state index contributed by atoms with van der Waals surface area (Å²) >= 11 is 0. The van der Waals surface area contributed by atoms with Crippen molar-refractivity contribution in [3.8, 4) is 0 Å². The van der Waals surface area contributed by atoms with Gasteiger partial charge in [0.1, 0.15) is 5.82 Å². The van der Waals surface area contributed by atoms with Crippen LogP contribution in [0.15, 0.2) is 24.3 Å². The van der Waals surface area contributed by atoms with E-state index in [4.69, 9.17) is 0 Å². The summed E-state index contributed by atoms with van der Waals surface area (Å²) in [6, 6.07) is 5.71. The molecule has 0 radical (unpaired) electrons. The van der Waals surface area contributed by atoms with E-state index in [2.05, 4.69) is 0 Å². The van der Waals surface area contributed by atoms with Gasteiger partial charge in [0.05, 0.1) is 0 Å². The molecule has 1 aliphatic rings. The molecule has 0 aliphatic carbocycles. The van der Waals surface area contributed by atoms with Crippen molar-refractivity contribution in [1.82, 2.24) is 14.7 Å². The minimum absolute atomic E-state index is 0.117. The fourth-order valence-corrected chi connectivity index (χ4v) is 2.44. The van der Waals surface area contributed by atoms with E-state index in [-0.39, 0.29) is 11.8 Å². The lowest BCUT2D eigenvalue weighted by Gasteiger charge is -2.35. The van der Waals surface area contributed by atoms with Gasteiger partial charge in [-0.15, -0.1) is 0 Å². The number of carbonyl (C=O) groups is 2. The Morgan fingerprint density at radius 2 is 1.77 bits per heavy atom. The highest BCUT2D eigenvalue weighted by Crippen LogP contribution is 2.11. The Kier molecular flexibility index (Phi) is 5.49. The molecule has 0 bridgehead atoms. The highest BCUT2D eigenvalue weighted by Gasteiger charge is 2.24. The van der Waals surface area contributed by atoms with Gasteiger partial charge in [0.2, 0.25) is 5.91 Å². The third kappa shape index (κ3) is 4.27. The van der Waals surface area contributed by atoms with Gasteiger partial charge in [-0.2, -0.15) is 0 Å². The Morgan fingerprint density at radius 1 is 1.14 bits per heavy atom. The van der Waals surface area contributed by atoms with Crippen LogP contribution in [0.5, 0.6) is 0 Å². The van der Waals surface area contributed by atoms with Gasteiger partial charge in [-0.3, -0.25) is 9.59 Å². The van der Waals surface area contributed by atoms with Gasteiger partial charge in [0.15, 0.2) is 0 Å². The number of nitrogens with zero attached hydrogens (tertiary/aromatic N) is 3. The van der Waals surface area contributed by atoms with Crippen LogP contribution in [0.3, 0.4) is 0 Å². The van der Waals surface area contributed by atoms with E-state index in [1.54, 1.807) is 15.9 Å². The number of rotatable bonds is 4. The number of piperazine rings is 1. The summed E-state index contributed by atoms with van der Waals surface area (Å²) in [6.45, 7) is 2.77. The number of carbonyl (C=O) groups excluding carboxylic acids is 2. The van der Waals surface area contributed by atoms with E-state index in [0.29, 0.717) is 38.2 Å². The highest BCUT2D eigenvalue weighted by atomic mass is 19.1. The molecule has 22 heavy (non-hydrogen) atoms. The van der Waals surface area contributed by atoms with Gasteiger partial charge in [-0.05, 0) is 32.3 Å². The summed E-state index contributed by atoms with van der Waals surface area (Å²) in [5.41, 5.74) is 0.354. The van der Waals surface area contributed by atoms with Crippen molar-refractivity contribution in [2.24, 2.45) is 0 Å². The zero-order valence-corrected chi connectivity index (χ0v) is 13.1. The van der Waals surface area contributed by atoms with Crippen molar-refractivity contribution >= 4 is 11.8 Å². The predicted octanol–water partition coefficient (Wildman–Crippen LogP) is 1.06. The van der Waals surface area contributed by atoms with Crippen molar-refractivity contribution < 1.29 is 14.0 Å². The molecule has 2 rings (SSSR count). The van der Waals surface area contributed by atoms with Crippen LogP contribution in [0.4, 0.5) is 4.39 Å². The zero-order chi connectivity index (χ0) is 16.1. The lowest BCUT2D eigenvalue weighted by Crippen LogP contribution is -2.50. The molecule has 1 saturated heterocycles. The van der Waals surface area contributed by atoms with Gasteiger partial charge in [-0.1, -0.05) is 6.07 Å². The molecule has 0 N–H and O–H groups in total. The monoisotopic (exact) mass is 307 g/mol. The fourth-order valence-electron chi connectivity index (χ4n) is 2.44. The average Bonchev–Trinajstić information content (AvgIpc) is 2.52. The first-order valence-electron chi connectivity index (χ1n) is 7.44. The second-order valence-corrected chi connectivity index (χ2v) is 5.74. The summed E-state index contributed by atoms with van der Waals surface area (Å²) in [6.07, 6.45) is 0.491. The van der Waals surface area contributed by atoms with Crippen molar-refractivity contribution in [1.29, 1.82) is 0 Å². The smallest absolute Gasteiger partial charge is 0.254 e. The first-order chi connectivity index (χ1) is 10.5. The lowest BCUT2D eigenvalue weighted by atomic mass is 10.1. The molecular weight excluding hydrogens is 285 g/mol. The number of benzene rings is 1. The normalized spacial score (nSPS) is 15.3. The van der Waals surface area contributed by atoms with Crippen LogP contribution in [-0.2, 0) is 4.79 Å². The van der Waals surface area contributed by atoms with E-state index in [0.717, 1.165) is 6.54 Å². The van der Waals surface area contributed by atoms with E-state index in [1.165, 1.54) is 18.2 Å². The van der Waals surface area contributed by atoms with Gasteiger partial charge in [0.25, 0.3) is 5.91 Å². The van der Waals surface area contributed by atoms with Crippen LogP contribution in [0.2, 0.25) is 0 Å². The van der Waals surface area contributed by atoms with E-state index >= 15 is 0 Å². The Bertz CT molecular complexity index is 540. The van der Waals surface area contributed by atoms with Crippen LogP contribution < -0.4 is 0 Å². The molecule has 0 atom stereocenters. The molecule has 1 heterocycles. The van der Waals surface area contributed by atoms with Crippen LogP contribution in [-0.4, -0.2) is 73.3 Å². The first kappa shape index (κ1) is 16.4. The Balaban J connectivity index is 1.86. The fraction of sp³-hybridized carbons (Fsp3) is 0.500. The zero-order valence-electron chi connectivity index (χ0n) is 13.1. The molecule has 0 spiro atoms. The van der Waals surface area contributed by atoms with Crippen LogP contribution in [0.25, 0.3) is 0 Å². The standard InChI is InChI=1S/C16H22FN3O2/c1-18(2)7-6-15(21)19-8-10-20(11-9-19)16(22)13-4-3-5-14(17)12-13/h3-5,12H,6-11H2,1-2H3. The molecular formula is C16H22FN3O2. The van der Waals surface area contributed by atoms with Gasteiger partial charge < -0.3 is 14.7 Å². The van der Waals surface area contributed by atoms with Crippen LogP contribution >= 0.6 is 0 Å². The minimum atomic E-state index is -0.414. The molecule has 0 saturated carbocycles. The topological polar surface area (TPSA) is 43.9 Å². The maximum absolute atomic E-state index is 13.2. The minimum Gasteiger partial charge on any atom is -0.339 e. The molecule has 1 aromatic carbocycles. The van der Waals surface area contributed by atoms with Crippen molar-refractivity contribution in [2.45, 2.75) is 6.42 Å². The Morgan fingerprint density at radius 3 is 2.36 bits per heavy atom. The molecule has 0 unspecified atom stereocenters. The molecule has 5 nitrogen and oxygen atoms in total. The predicted molar refractivity (Wildman–Crippen MR) is 82.1 cm³/mol. The third-order valence-corrected chi connectivity index (χ3v) is 3.76. The van der Waals surface area contributed by atoms with Crippen LogP contribution in [0.1, 0.15) is 16.8 Å². The average molecular weight is 307 g/mol. The van der Waals surface area contributed by atoms with E-state index < -0.39 is 5.82 Å². The van der Waals surface area contributed by atoms with Crippen molar-refractivity contribution in [3.63, 3.8) is 0 Å². The molecule has 0 aromatic heterocycles. The molecule has 1 aliphatic heterocycles. The second-order valence-electron chi connectivity index (χ2n) is 5.74. The molecule has 1 aromatic rings. The number of hydrogen-bond acceptors (Lipinski definition) is 3. The summed E-state index contributed by atoms with van der Waals surface area (Å²) < 4.78 is 13.2. The van der Waals surface area contributed by atoms with Crippen molar-refractivity contribution in [3.05, 3.63) is 35.6 Å². The summed E-state index contributed by atoms with van der Waals surface area (Å²) in [5, 5.41) is 0. The number of halogens is 1. The van der Waals surface area contributed by atoms with Crippen molar-refractivity contribution in [2.75, 3.05) is 46.8 Å². The summed E-state index contributed by atoms with van der Waals surface area (Å²) in [7, 11) is 3.87. The van der Waals surface area contributed by atoms with Crippen LogP contribution in [0, 0.1) is 5.82 Å². The molecule has 6 heteroatoms. The largest absolute Gasteiger partial charge is 0.339 e. The SMILES string of the molecule is CN(C)CCC(=O)N1CCN(C(=O)c2cccc(F)c2)CC1. The quantitative estimate of drug-likeness (QED) is 0.835. The first-order valence-corrected chi connectivity index (χ1v) is 7.44. The third-order valence-electron chi connectivity index (χ3n) is 3.76. The molecule has 1 fully saturated rings. The van der Waals surface area contributed by atoms with E-state index in [1.807, 2.05) is 19.0 Å².